The molecular formula is C34H42N4O. The molecule has 1 unspecified atom stereocenters. The van der Waals surface area contributed by atoms with E-state index in [4.69, 9.17) is 0 Å². The van der Waals surface area contributed by atoms with Crippen molar-refractivity contribution in [2.75, 3.05) is 6.54 Å². The van der Waals surface area contributed by atoms with Crippen LogP contribution in [0.3, 0.4) is 0 Å². The first-order valence-electron chi connectivity index (χ1n) is 14.3. The van der Waals surface area contributed by atoms with E-state index in [0.29, 0.717) is 6.42 Å². The summed E-state index contributed by atoms with van der Waals surface area (Å²) in [5.74, 6) is 0. The standard InChI is InChI=1S/C34H42N4O/c1-5-32(13-11-21-39)38-24-31-23-28(14-19-33(31)27(38)4)12-9-7-6-8-10-20-35-26(3)29-15-17-30(18-16-29)34-22-25(2)36-37-34/h5,14-19,21,23,32,35H,1,3-4,6-13,20,22,24H2,2H3. The van der Waals surface area contributed by atoms with Crippen LogP contribution in [0.15, 0.2) is 78.5 Å². The van der Waals surface area contributed by atoms with E-state index in [1.165, 1.54) is 42.4 Å². The van der Waals surface area contributed by atoms with Crippen molar-refractivity contribution in [2.45, 2.75) is 77.3 Å². The summed E-state index contributed by atoms with van der Waals surface area (Å²) in [6, 6.07) is 15.4. The van der Waals surface area contributed by atoms with Crippen LogP contribution in [-0.4, -0.2) is 35.2 Å². The number of fused-ring (bicyclic) bond motifs is 1. The smallest absolute Gasteiger partial charge is 0.120 e. The fourth-order valence-corrected chi connectivity index (χ4v) is 5.41. The average molecular weight is 523 g/mol. The summed E-state index contributed by atoms with van der Waals surface area (Å²) < 4.78 is 0. The summed E-state index contributed by atoms with van der Waals surface area (Å²) in [4.78, 5) is 13.1. The molecule has 0 radical (unpaired) electrons. The maximum absolute atomic E-state index is 10.8. The molecule has 2 heterocycles. The fraction of sp³-hybridized carbons (Fsp3) is 0.382. The van der Waals surface area contributed by atoms with Crippen LogP contribution in [0.4, 0.5) is 0 Å². The Labute approximate surface area is 234 Å². The molecule has 0 aromatic heterocycles. The third-order valence-corrected chi connectivity index (χ3v) is 7.73. The topological polar surface area (TPSA) is 57.1 Å². The number of hydrogen-bond acceptors (Lipinski definition) is 5. The first-order chi connectivity index (χ1) is 19.0. The first-order valence-corrected chi connectivity index (χ1v) is 14.3. The van der Waals surface area contributed by atoms with Crippen LogP contribution in [-0.2, 0) is 17.8 Å². The number of nitrogens with one attached hydrogen (secondary N) is 1. The summed E-state index contributed by atoms with van der Waals surface area (Å²) in [5, 5.41) is 11.9. The van der Waals surface area contributed by atoms with E-state index >= 15 is 0 Å². The van der Waals surface area contributed by atoms with Gasteiger partial charge in [0.15, 0.2) is 0 Å². The highest BCUT2D eigenvalue weighted by Crippen LogP contribution is 2.35. The van der Waals surface area contributed by atoms with Crippen molar-refractivity contribution >= 4 is 29.1 Å². The van der Waals surface area contributed by atoms with Gasteiger partial charge in [-0.25, -0.2) is 0 Å². The van der Waals surface area contributed by atoms with Crippen molar-refractivity contribution in [2.24, 2.45) is 10.2 Å². The molecule has 2 aliphatic heterocycles. The summed E-state index contributed by atoms with van der Waals surface area (Å²) >= 11 is 0. The van der Waals surface area contributed by atoms with E-state index in [2.05, 4.69) is 82.6 Å². The molecule has 5 nitrogen and oxygen atoms in total. The molecule has 0 spiro atoms. The van der Waals surface area contributed by atoms with Crippen LogP contribution >= 0.6 is 0 Å². The molecule has 2 aromatic rings. The second-order valence-electron chi connectivity index (χ2n) is 10.7. The highest BCUT2D eigenvalue weighted by atomic mass is 16.1. The molecular weight excluding hydrogens is 480 g/mol. The molecule has 0 aliphatic carbocycles. The van der Waals surface area contributed by atoms with Gasteiger partial charge >= 0.3 is 0 Å². The van der Waals surface area contributed by atoms with Gasteiger partial charge in [-0.2, -0.15) is 10.2 Å². The molecule has 0 saturated carbocycles. The minimum Gasteiger partial charge on any atom is -0.385 e. The third kappa shape index (κ3) is 7.44. The van der Waals surface area contributed by atoms with Crippen LogP contribution < -0.4 is 5.32 Å². The lowest BCUT2D eigenvalue weighted by atomic mass is 10.0. The lowest BCUT2D eigenvalue weighted by Crippen LogP contribution is -2.27. The number of nitrogens with zero attached hydrogens (tertiary/aromatic N) is 3. The van der Waals surface area contributed by atoms with E-state index in [-0.39, 0.29) is 6.04 Å². The molecule has 0 saturated heterocycles. The zero-order valence-electron chi connectivity index (χ0n) is 23.4. The lowest BCUT2D eigenvalue weighted by molar-refractivity contribution is -0.108. The van der Waals surface area contributed by atoms with Crippen molar-refractivity contribution in [3.8, 4) is 0 Å². The van der Waals surface area contributed by atoms with Crippen LogP contribution in [0.2, 0.25) is 0 Å². The minimum atomic E-state index is 0.155. The van der Waals surface area contributed by atoms with Gasteiger partial charge in [-0.15, -0.1) is 6.58 Å². The van der Waals surface area contributed by atoms with E-state index in [1.807, 2.05) is 13.0 Å². The van der Waals surface area contributed by atoms with Crippen LogP contribution in [0.5, 0.6) is 0 Å². The Morgan fingerprint density at radius 3 is 2.56 bits per heavy atom. The molecule has 1 N–H and O–H groups in total. The molecule has 204 valence electrons. The predicted molar refractivity (Wildman–Crippen MR) is 165 cm³/mol. The van der Waals surface area contributed by atoms with Gasteiger partial charge in [-0.05, 0) is 54.9 Å². The predicted octanol–water partition coefficient (Wildman–Crippen LogP) is 7.33. The van der Waals surface area contributed by atoms with Crippen molar-refractivity contribution < 1.29 is 4.79 Å². The first kappa shape index (κ1) is 28.3. The highest BCUT2D eigenvalue weighted by molar-refractivity contribution is 6.14. The van der Waals surface area contributed by atoms with Gasteiger partial charge in [-0.3, -0.25) is 0 Å². The Balaban J connectivity index is 1.11. The largest absolute Gasteiger partial charge is 0.385 e. The minimum absolute atomic E-state index is 0.155. The second-order valence-corrected chi connectivity index (χ2v) is 10.7. The van der Waals surface area contributed by atoms with Crippen LogP contribution in [0.1, 0.15) is 86.1 Å². The Morgan fingerprint density at radius 1 is 1.08 bits per heavy atom. The van der Waals surface area contributed by atoms with Crippen molar-refractivity contribution in [1.82, 2.24) is 10.2 Å². The SMILES string of the molecule is C=CC(CCC=O)N1Cc2cc(CCCCCCCNC(=C)c3ccc(C4=NN=C(C)C4)cc3)ccc2C1=C. The van der Waals surface area contributed by atoms with Crippen molar-refractivity contribution in [3.05, 3.63) is 96.1 Å². The van der Waals surface area contributed by atoms with Gasteiger partial charge in [0.2, 0.25) is 0 Å². The maximum atomic E-state index is 10.8. The number of carbonyl (C=O) groups excluding carboxylic acids is 1. The van der Waals surface area contributed by atoms with Gasteiger partial charge in [0.25, 0.3) is 0 Å². The van der Waals surface area contributed by atoms with Gasteiger partial charge in [0.1, 0.15) is 6.29 Å². The summed E-state index contributed by atoms with van der Waals surface area (Å²) in [5.41, 5.74) is 10.3. The number of rotatable bonds is 16. The van der Waals surface area contributed by atoms with Gasteiger partial charge < -0.3 is 15.0 Å². The van der Waals surface area contributed by atoms with Gasteiger partial charge in [0.05, 0.1) is 5.71 Å². The number of hydrogen-bond donors (Lipinski definition) is 1. The number of aryl methyl sites for hydroxylation is 1. The van der Waals surface area contributed by atoms with E-state index in [9.17, 15) is 4.79 Å². The van der Waals surface area contributed by atoms with E-state index in [0.717, 1.165) is 79.0 Å². The van der Waals surface area contributed by atoms with Crippen molar-refractivity contribution in [3.63, 3.8) is 0 Å². The highest BCUT2D eigenvalue weighted by Gasteiger charge is 2.26. The molecule has 4 rings (SSSR count). The Kier molecular flexibility index (Phi) is 10.1. The molecule has 2 aromatic carbocycles. The third-order valence-electron chi connectivity index (χ3n) is 7.73. The van der Waals surface area contributed by atoms with Gasteiger partial charge in [-0.1, -0.05) is 81.0 Å². The van der Waals surface area contributed by atoms with E-state index < -0.39 is 0 Å². The van der Waals surface area contributed by atoms with Gasteiger partial charge in [0, 0.05) is 54.6 Å². The molecule has 0 bridgehead atoms. The number of carbonyl (C=O) groups is 1. The average Bonchev–Trinajstić information content (AvgIpc) is 3.53. The maximum Gasteiger partial charge on any atom is 0.120 e. The van der Waals surface area contributed by atoms with Crippen LogP contribution in [0.25, 0.3) is 11.4 Å². The molecule has 1 atom stereocenters. The van der Waals surface area contributed by atoms with Crippen molar-refractivity contribution in [1.29, 1.82) is 0 Å². The molecule has 39 heavy (non-hydrogen) atoms. The quantitative estimate of drug-likeness (QED) is 0.143. The zero-order valence-corrected chi connectivity index (χ0v) is 23.4. The Bertz CT molecular complexity index is 1250. The Morgan fingerprint density at radius 2 is 1.85 bits per heavy atom. The summed E-state index contributed by atoms with van der Waals surface area (Å²) in [6.45, 7) is 16.3. The summed E-state index contributed by atoms with van der Waals surface area (Å²) in [7, 11) is 0. The Hall–Kier alpha value is -3.73. The summed E-state index contributed by atoms with van der Waals surface area (Å²) in [6.07, 6.45) is 12.3. The molecule has 0 fully saturated rings. The second kappa shape index (κ2) is 13.9. The molecule has 2 aliphatic rings. The normalized spacial score (nSPS) is 15.0. The monoisotopic (exact) mass is 522 g/mol. The zero-order chi connectivity index (χ0) is 27.6. The fourth-order valence-electron chi connectivity index (χ4n) is 5.41. The van der Waals surface area contributed by atoms with E-state index in [1.54, 1.807) is 0 Å². The number of unbranched alkanes of at least 4 members (excludes halogenated alkanes) is 4. The number of benzene rings is 2. The van der Waals surface area contributed by atoms with Crippen LogP contribution in [0, 0.1) is 0 Å². The number of aldehydes is 1. The lowest BCUT2D eigenvalue weighted by Gasteiger charge is -2.27. The molecule has 5 heteroatoms. The molecule has 0 amide bonds.